The first-order valence-corrected chi connectivity index (χ1v) is 10.5. The Bertz CT molecular complexity index is 814. The number of amides is 2. The third-order valence-corrected chi connectivity index (χ3v) is 5.06. The highest BCUT2D eigenvalue weighted by Gasteiger charge is 2.30. The highest BCUT2D eigenvalue weighted by molar-refractivity contribution is 8.04. The van der Waals surface area contributed by atoms with E-state index in [0.717, 1.165) is 0 Å². The van der Waals surface area contributed by atoms with Crippen molar-refractivity contribution in [1.82, 2.24) is 4.90 Å². The van der Waals surface area contributed by atoms with Crippen molar-refractivity contribution in [3.63, 3.8) is 0 Å². The maximum atomic E-state index is 12.5. The first kappa shape index (κ1) is 22.8. The fourth-order valence-electron chi connectivity index (χ4n) is 2.50. The summed E-state index contributed by atoms with van der Waals surface area (Å²) in [6.45, 7) is 9.99. The molecule has 0 spiro atoms. The van der Waals surface area contributed by atoms with Crippen LogP contribution in [0.3, 0.4) is 0 Å². The third-order valence-electron chi connectivity index (χ3n) is 4.03. The summed E-state index contributed by atoms with van der Waals surface area (Å²) in [5.41, 5.74) is -0.0111. The van der Waals surface area contributed by atoms with E-state index in [1.54, 1.807) is 18.2 Å². The monoisotopic (exact) mass is 420 g/mol. The van der Waals surface area contributed by atoms with Crippen LogP contribution < -0.4 is 14.8 Å². The quantitative estimate of drug-likeness (QED) is 0.649. The summed E-state index contributed by atoms with van der Waals surface area (Å²) in [4.78, 5) is 38.3. The van der Waals surface area contributed by atoms with Crippen LogP contribution >= 0.6 is 11.8 Å². The van der Waals surface area contributed by atoms with E-state index in [9.17, 15) is 14.4 Å². The van der Waals surface area contributed by atoms with Gasteiger partial charge in [-0.1, -0.05) is 32.5 Å². The average Bonchev–Trinajstić information content (AvgIpc) is 2.96. The number of ketones is 1. The lowest BCUT2D eigenvalue weighted by Crippen LogP contribution is -2.34. The fourth-order valence-corrected chi connectivity index (χ4v) is 3.44. The minimum Gasteiger partial charge on any atom is -0.490 e. The number of hydrogen-bond acceptors (Lipinski definition) is 6. The van der Waals surface area contributed by atoms with Crippen LogP contribution in [0.1, 0.15) is 34.6 Å². The van der Waals surface area contributed by atoms with Crippen LogP contribution in [0.25, 0.3) is 0 Å². The first-order chi connectivity index (χ1) is 13.7. The molecule has 1 fully saturated rings. The van der Waals surface area contributed by atoms with Gasteiger partial charge in [0, 0.05) is 23.2 Å². The minimum absolute atomic E-state index is 0.0898. The molecule has 7 nitrogen and oxygen atoms in total. The molecule has 1 N–H and O–H groups in total. The summed E-state index contributed by atoms with van der Waals surface area (Å²) < 4.78 is 11.1. The predicted molar refractivity (Wildman–Crippen MR) is 114 cm³/mol. The Balaban J connectivity index is 2.11. The van der Waals surface area contributed by atoms with E-state index >= 15 is 0 Å². The van der Waals surface area contributed by atoms with Gasteiger partial charge in [-0.3, -0.25) is 19.3 Å². The van der Waals surface area contributed by atoms with Crippen molar-refractivity contribution < 1.29 is 23.9 Å². The average molecular weight is 421 g/mol. The molecule has 0 radical (unpaired) electrons. The van der Waals surface area contributed by atoms with Gasteiger partial charge >= 0.3 is 0 Å². The van der Waals surface area contributed by atoms with Crippen LogP contribution in [0.2, 0.25) is 0 Å². The molecule has 1 aromatic rings. The number of nitrogens with one attached hydrogen (secondary N) is 1. The second-order valence-electron chi connectivity index (χ2n) is 7.44. The van der Waals surface area contributed by atoms with E-state index in [-0.39, 0.29) is 29.9 Å². The van der Waals surface area contributed by atoms with Crippen LogP contribution in [0, 0.1) is 5.41 Å². The topological polar surface area (TPSA) is 84.9 Å². The van der Waals surface area contributed by atoms with Crippen LogP contribution in [0.5, 0.6) is 11.5 Å². The number of ether oxygens (including phenoxy) is 2. The molecule has 2 rings (SSSR count). The van der Waals surface area contributed by atoms with Gasteiger partial charge < -0.3 is 14.8 Å². The molecule has 0 unspecified atom stereocenters. The summed E-state index contributed by atoms with van der Waals surface area (Å²) in [6.07, 6.45) is 1.45. The Morgan fingerprint density at radius 3 is 2.45 bits per heavy atom. The zero-order valence-corrected chi connectivity index (χ0v) is 18.4. The molecule has 158 valence electrons. The van der Waals surface area contributed by atoms with E-state index in [4.69, 9.17) is 9.47 Å². The second kappa shape index (κ2) is 9.82. The molecule has 1 aromatic carbocycles. The Morgan fingerprint density at radius 2 is 1.83 bits per heavy atom. The highest BCUT2D eigenvalue weighted by Crippen LogP contribution is 2.32. The number of anilines is 1. The van der Waals surface area contributed by atoms with Gasteiger partial charge in [0.2, 0.25) is 11.8 Å². The van der Waals surface area contributed by atoms with Gasteiger partial charge in [0.25, 0.3) is 0 Å². The van der Waals surface area contributed by atoms with Crippen LogP contribution in [0.15, 0.2) is 29.3 Å². The molecular formula is C21H28N2O5S. The van der Waals surface area contributed by atoms with Crippen molar-refractivity contribution in [2.75, 3.05) is 30.8 Å². The molecule has 2 amide bonds. The fraction of sp³-hybridized carbons (Fsp3) is 0.476. The second-order valence-corrected chi connectivity index (χ2v) is 8.44. The number of allylic oxidation sites excluding steroid dienone is 1. The smallest absolute Gasteiger partial charge is 0.244 e. The normalized spacial score (nSPS) is 15.6. The van der Waals surface area contributed by atoms with E-state index in [1.807, 2.05) is 34.6 Å². The summed E-state index contributed by atoms with van der Waals surface area (Å²) >= 11 is 1.27. The zero-order valence-electron chi connectivity index (χ0n) is 17.5. The molecule has 0 aliphatic carbocycles. The molecule has 1 saturated heterocycles. The Hall–Kier alpha value is -2.48. The molecule has 1 heterocycles. The molecular weight excluding hydrogens is 392 g/mol. The van der Waals surface area contributed by atoms with Crippen molar-refractivity contribution in [2.24, 2.45) is 5.41 Å². The number of nitrogens with zero attached hydrogens (tertiary/aromatic N) is 1. The zero-order chi connectivity index (χ0) is 21.6. The number of hydrogen-bond donors (Lipinski definition) is 1. The number of carbonyl (C=O) groups is 3. The highest BCUT2D eigenvalue weighted by atomic mass is 32.2. The van der Waals surface area contributed by atoms with Gasteiger partial charge in [-0.05, 0) is 26.0 Å². The summed E-state index contributed by atoms with van der Waals surface area (Å²) in [5.74, 6) is 0.712. The van der Waals surface area contributed by atoms with Gasteiger partial charge in [0.15, 0.2) is 17.3 Å². The van der Waals surface area contributed by atoms with Gasteiger partial charge in [0.1, 0.15) is 6.54 Å². The largest absolute Gasteiger partial charge is 0.490 e. The van der Waals surface area contributed by atoms with Crippen LogP contribution in [-0.4, -0.2) is 48.0 Å². The van der Waals surface area contributed by atoms with E-state index < -0.39 is 5.41 Å². The van der Waals surface area contributed by atoms with E-state index in [2.05, 4.69) is 5.32 Å². The predicted octanol–water partition coefficient (Wildman–Crippen LogP) is 3.45. The van der Waals surface area contributed by atoms with Crippen LogP contribution in [-0.2, 0) is 14.4 Å². The molecule has 8 heteroatoms. The molecule has 1 aliphatic heterocycles. The number of benzene rings is 1. The molecule has 0 aromatic heterocycles. The Morgan fingerprint density at radius 1 is 1.17 bits per heavy atom. The lowest BCUT2D eigenvalue weighted by atomic mass is 9.91. The molecule has 0 bridgehead atoms. The van der Waals surface area contributed by atoms with Crippen molar-refractivity contribution in [3.05, 3.63) is 29.3 Å². The number of rotatable bonds is 8. The SMILES string of the molecule is CCOc1ccc(NC(=O)CN2C(=O)CS/C2=C\C(=O)C(C)(C)C)cc1OCC. The van der Waals surface area contributed by atoms with Gasteiger partial charge in [0.05, 0.1) is 24.0 Å². The molecule has 1 aliphatic rings. The minimum atomic E-state index is -0.550. The van der Waals surface area contributed by atoms with E-state index in [1.165, 1.54) is 22.7 Å². The van der Waals surface area contributed by atoms with Crippen molar-refractivity contribution in [1.29, 1.82) is 0 Å². The summed E-state index contributed by atoms with van der Waals surface area (Å²) in [6, 6.07) is 5.13. The van der Waals surface area contributed by atoms with Gasteiger partial charge in [-0.2, -0.15) is 0 Å². The Labute approximate surface area is 175 Å². The maximum Gasteiger partial charge on any atom is 0.244 e. The van der Waals surface area contributed by atoms with Crippen molar-refractivity contribution in [2.45, 2.75) is 34.6 Å². The van der Waals surface area contributed by atoms with Crippen LogP contribution in [0.4, 0.5) is 5.69 Å². The van der Waals surface area contributed by atoms with Gasteiger partial charge in [-0.25, -0.2) is 0 Å². The molecule has 0 atom stereocenters. The van der Waals surface area contributed by atoms with Crippen molar-refractivity contribution >= 4 is 35.0 Å². The first-order valence-electron chi connectivity index (χ1n) is 9.54. The Kier molecular flexibility index (Phi) is 7.73. The lowest BCUT2D eigenvalue weighted by molar-refractivity contribution is -0.129. The standard InChI is InChI=1S/C21H28N2O5S/c1-6-27-15-9-8-14(10-16(15)28-7-2)22-18(25)12-23-19(26)13-29-20(23)11-17(24)21(3,4)5/h8-11H,6-7,12-13H2,1-5H3,(H,22,25)/b20-11-. The summed E-state index contributed by atoms with van der Waals surface area (Å²) in [5, 5.41) is 3.28. The number of thioether (sulfide) groups is 1. The van der Waals surface area contributed by atoms with Crippen molar-refractivity contribution in [3.8, 4) is 11.5 Å². The maximum absolute atomic E-state index is 12.5. The van der Waals surface area contributed by atoms with Gasteiger partial charge in [-0.15, -0.1) is 0 Å². The molecule has 29 heavy (non-hydrogen) atoms. The third kappa shape index (κ3) is 6.25. The molecule has 0 saturated carbocycles. The lowest BCUT2D eigenvalue weighted by Gasteiger charge is -2.19. The summed E-state index contributed by atoms with van der Waals surface area (Å²) in [7, 11) is 0. The number of carbonyl (C=O) groups excluding carboxylic acids is 3. The van der Waals surface area contributed by atoms with E-state index in [0.29, 0.717) is 35.4 Å².